The zero-order chi connectivity index (χ0) is 28.9. The molecule has 12 heteroatoms. The van der Waals surface area contributed by atoms with Gasteiger partial charge in [0.05, 0.1) is 24.9 Å². The zero-order valence-corrected chi connectivity index (χ0v) is 24.7. The van der Waals surface area contributed by atoms with E-state index in [0.717, 1.165) is 11.1 Å². The third-order valence-electron chi connectivity index (χ3n) is 6.63. The van der Waals surface area contributed by atoms with E-state index < -0.39 is 12.0 Å². The van der Waals surface area contributed by atoms with Gasteiger partial charge in [0.25, 0.3) is 5.91 Å². The molecule has 5 rings (SSSR count). The third-order valence-corrected chi connectivity index (χ3v) is 7.89. The van der Waals surface area contributed by atoms with E-state index in [4.69, 9.17) is 30.9 Å². The number of hydrogen-bond donors (Lipinski definition) is 1. The zero-order valence-electron chi connectivity index (χ0n) is 23.1. The Balaban J connectivity index is 1.38. The molecular weight excluding hydrogens is 566 g/mol. The fourth-order valence-electron chi connectivity index (χ4n) is 4.60. The van der Waals surface area contributed by atoms with Crippen LogP contribution in [0.5, 0.6) is 5.75 Å². The highest BCUT2D eigenvalue weighted by Gasteiger charge is 2.35. The van der Waals surface area contributed by atoms with Crippen molar-refractivity contribution in [1.82, 2.24) is 19.7 Å². The maximum absolute atomic E-state index is 13.3. The van der Waals surface area contributed by atoms with E-state index in [1.807, 2.05) is 57.2 Å². The molecule has 1 unspecified atom stereocenters. The second-order valence-electron chi connectivity index (χ2n) is 9.91. The first-order chi connectivity index (χ1) is 19.8. The number of carbonyl (C=O) groups is 2. The second-order valence-corrected chi connectivity index (χ2v) is 11.3. The summed E-state index contributed by atoms with van der Waals surface area (Å²) in [5.74, 6) is 1.15. The van der Waals surface area contributed by atoms with Gasteiger partial charge >= 0.3 is 5.97 Å². The van der Waals surface area contributed by atoms with E-state index in [0.29, 0.717) is 65.2 Å². The standard InChI is InChI=1S/C29H32ClN5O5S/c1-18(2)40-27(37)25-19(3)31-28-32-29(41-17-21-6-4-5-7-23(21)30)33-35(28)26(25)20-8-10-22(11-9-20)39-16-24(36)34-12-14-38-15-13-34/h4-11,18,26H,12-17H2,1-3H3,(H,31,32,33). The molecule has 0 radical (unpaired) electrons. The fourth-order valence-corrected chi connectivity index (χ4v) is 5.71. The molecule has 3 heterocycles. The van der Waals surface area contributed by atoms with Gasteiger partial charge in [-0.05, 0) is 50.1 Å². The molecule has 2 aliphatic heterocycles. The SMILES string of the molecule is CC1=C(C(=O)OC(C)C)C(c2ccc(OCC(=O)N3CCOCC3)cc2)n2nc(SCc3ccccc3Cl)nc2N1. The Morgan fingerprint density at radius 2 is 1.88 bits per heavy atom. The van der Waals surface area contributed by atoms with Crippen LogP contribution in [0, 0.1) is 0 Å². The summed E-state index contributed by atoms with van der Waals surface area (Å²) in [4.78, 5) is 32.2. The number of anilines is 1. The number of nitrogens with zero attached hydrogens (tertiary/aromatic N) is 4. The van der Waals surface area contributed by atoms with Gasteiger partial charge in [0.1, 0.15) is 11.8 Å². The summed E-state index contributed by atoms with van der Waals surface area (Å²) < 4.78 is 18.4. The monoisotopic (exact) mass is 597 g/mol. The minimum Gasteiger partial charge on any atom is -0.484 e. The van der Waals surface area contributed by atoms with Crippen LogP contribution in [0.3, 0.4) is 0 Å². The van der Waals surface area contributed by atoms with Crippen LogP contribution >= 0.6 is 23.4 Å². The number of allylic oxidation sites excluding steroid dienone is 1. The number of fused-ring (bicyclic) bond motifs is 1. The minimum absolute atomic E-state index is 0.0586. The normalized spacial score (nSPS) is 16.8. The van der Waals surface area contributed by atoms with Crippen molar-refractivity contribution in [3.63, 3.8) is 0 Å². The molecule has 2 aromatic carbocycles. The first-order valence-electron chi connectivity index (χ1n) is 13.4. The van der Waals surface area contributed by atoms with Gasteiger partial charge in [-0.25, -0.2) is 9.48 Å². The van der Waals surface area contributed by atoms with Crippen LogP contribution in [0.25, 0.3) is 0 Å². The molecule has 1 fully saturated rings. The lowest BCUT2D eigenvalue weighted by Crippen LogP contribution is -2.42. The van der Waals surface area contributed by atoms with Crippen molar-refractivity contribution in [3.05, 3.63) is 76.0 Å². The van der Waals surface area contributed by atoms with Crippen LogP contribution in [0.1, 0.15) is 37.9 Å². The Bertz CT molecular complexity index is 1440. The van der Waals surface area contributed by atoms with Crippen LogP contribution in [0.2, 0.25) is 5.02 Å². The number of nitrogens with one attached hydrogen (secondary N) is 1. The van der Waals surface area contributed by atoms with Crippen molar-refractivity contribution in [2.75, 3.05) is 38.2 Å². The lowest BCUT2D eigenvalue weighted by molar-refractivity contribution is -0.143. The maximum Gasteiger partial charge on any atom is 0.338 e. The van der Waals surface area contributed by atoms with Gasteiger partial charge in [0.2, 0.25) is 11.1 Å². The molecular formula is C29H32ClN5O5S. The molecule has 0 saturated carbocycles. The quantitative estimate of drug-likeness (QED) is 0.277. The number of morpholine rings is 1. The average molecular weight is 598 g/mol. The summed E-state index contributed by atoms with van der Waals surface area (Å²) in [5, 5.41) is 9.22. The molecule has 0 spiro atoms. The van der Waals surface area contributed by atoms with Crippen LogP contribution in [-0.2, 0) is 24.8 Å². The van der Waals surface area contributed by atoms with E-state index in [-0.39, 0.29) is 18.6 Å². The molecule has 10 nitrogen and oxygen atoms in total. The number of halogens is 1. The molecule has 1 aromatic heterocycles. The fraction of sp³-hybridized carbons (Fsp3) is 0.379. The summed E-state index contributed by atoms with van der Waals surface area (Å²) in [6.07, 6.45) is -0.290. The molecule has 41 heavy (non-hydrogen) atoms. The summed E-state index contributed by atoms with van der Waals surface area (Å²) in [5.41, 5.74) is 2.85. The molecule has 3 aromatic rings. The topological polar surface area (TPSA) is 108 Å². The molecule has 1 saturated heterocycles. The molecule has 1 atom stereocenters. The summed E-state index contributed by atoms with van der Waals surface area (Å²) in [7, 11) is 0. The van der Waals surface area contributed by atoms with Gasteiger partial charge in [-0.3, -0.25) is 4.79 Å². The van der Waals surface area contributed by atoms with Crippen molar-refractivity contribution in [1.29, 1.82) is 0 Å². The van der Waals surface area contributed by atoms with Gasteiger partial charge in [-0.1, -0.05) is 53.7 Å². The number of esters is 1. The second kappa shape index (κ2) is 13.0. The molecule has 0 bridgehead atoms. The lowest BCUT2D eigenvalue weighted by Gasteiger charge is -2.28. The van der Waals surface area contributed by atoms with Crippen LogP contribution in [0.4, 0.5) is 5.95 Å². The van der Waals surface area contributed by atoms with Crippen LogP contribution in [-0.4, -0.2) is 70.6 Å². The number of hydrogen-bond acceptors (Lipinski definition) is 9. The molecule has 1 amide bonds. The van der Waals surface area contributed by atoms with Gasteiger partial charge in [-0.2, -0.15) is 4.98 Å². The van der Waals surface area contributed by atoms with Gasteiger partial charge in [-0.15, -0.1) is 5.10 Å². The Kier molecular flexibility index (Phi) is 9.16. The highest BCUT2D eigenvalue weighted by atomic mass is 35.5. The van der Waals surface area contributed by atoms with E-state index in [1.54, 1.807) is 21.7 Å². The molecule has 216 valence electrons. The first kappa shape index (κ1) is 29.0. The van der Waals surface area contributed by atoms with E-state index >= 15 is 0 Å². The van der Waals surface area contributed by atoms with Crippen molar-refractivity contribution in [2.24, 2.45) is 0 Å². The lowest BCUT2D eigenvalue weighted by atomic mass is 9.95. The van der Waals surface area contributed by atoms with E-state index in [1.165, 1.54) is 11.8 Å². The van der Waals surface area contributed by atoms with Crippen molar-refractivity contribution in [3.8, 4) is 5.75 Å². The predicted molar refractivity (Wildman–Crippen MR) is 156 cm³/mol. The number of aromatic nitrogens is 3. The van der Waals surface area contributed by atoms with Crippen LogP contribution in [0.15, 0.2) is 65.0 Å². The number of carbonyl (C=O) groups excluding carboxylic acids is 2. The van der Waals surface area contributed by atoms with Gasteiger partial charge in [0, 0.05) is 29.6 Å². The van der Waals surface area contributed by atoms with Crippen LogP contribution < -0.4 is 10.1 Å². The first-order valence-corrected chi connectivity index (χ1v) is 14.8. The Morgan fingerprint density at radius 3 is 2.59 bits per heavy atom. The van der Waals surface area contributed by atoms with Gasteiger partial charge < -0.3 is 24.4 Å². The predicted octanol–water partition coefficient (Wildman–Crippen LogP) is 4.70. The van der Waals surface area contributed by atoms with Crippen molar-refractivity contribution >= 4 is 41.2 Å². The number of rotatable bonds is 9. The average Bonchev–Trinajstić information content (AvgIpc) is 3.37. The third kappa shape index (κ3) is 6.86. The largest absolute Gasteiger partial charge is 0.484 e. The number of ether oxygens (including phenoxy) is 3. The highest BCUT2D eigenvalue weighted by Crippen LogP contribution is 2.38. The highest BCUT2D eigenvalue weighted by molar-refractivity contribution is 7.98. The number of thioether (sulfide) groups is 1. The summed E-state index contributed by atoms with van der Waals surface area (Å²) in [6.45, 7) is 7.60. The molecule has 1 N–H and O–H groups in total. The maximum atomic E-state index is 13.3. The van der Waals surface area contributed by atoms with E-state index in [2.05, 4.69) is 10.3 Å². The van der Waals surface area contributed by atoms with Crippen molar-refractivity contribution < 1.29 is 23.8 Å². The number of amides is 1. The number of benzene rings is 2. The Hall–Kier alpha value is -3.54. The Labute approximate surface area is 248 Å². The smallest absolute Gasteiger partial charge is 0.338 e. The summed E-state index contributed by atoms with van der Waals surface area (Å²) >= 11 is 7.79. The summed E-state index contributed by atoms with van der Waals surface area (Å²) in [6, 6.07) is 14.4. The molecule has 0 aliphatic carbocycles. The Morgan fingerprint density at radius 1 is 1.15 bits per heavy atom. The van der Waals surface area contributed by atoms with Crippen molar-refractivity contribution in [2.45, 2.75) is 43.8 Å². The van der Waals surface area contributed by atoms with E-state index in [9.17, 15) is 9.59 Å². The molecule has 2 aliphatic rings. The van der Waals surface area contributed by atoms with Gasteiger partial charge in [0.15, 0.2) is 6.61 Å². The minimum atomic E-state index is -0.580.